The molecule has 0 spiro atoms. The van der Waals surface area contributed by atoms with E-state index >= 15 is 0 Å². The number of allylic oxidation sites excluding steroid dienone is 1. The standard InChI is InChI=1S/C13H21NO2/c1-2-12(13(15)16)8-10-14-9-7-11-5-3-4-6-11/h5,8,14H,2-4,6-7,9-10H2,1H3,(H,15,16). The zero-order valence-corrected chi connectivity index (χ0v) is 9.96. The summed E-state index contributed by atoms with van der Waals surface area (Å²) in [5, 5.41) is 12.0. The summed E-state index contributed by atoms with van der Waals surface area (Å²) in [4.78, 5) is 10.7. The number of hydrogen-bond donors (Lipinski definition) is 2. The average Bonchev–Trinajstić information content (AvgIpc) is 2.75. The molecule has 0 saturated carbocycles. The molecular weight excluding hydrogens is 202 g/mol. The summed E-state index contributed by atoms with van der Waals surface area (Å²) in [6, 6.07) is 0. The molecule has 0 atom stereocenters. The highest BCUT2D eigenvalue weighted by molar-refractivity contribution is 5.86. The molecule has 0 radical (unpaired) electrons. The van der Waals surface area contributed by atoms with Crippen molar-refractivity contribution in [3.63, 3.8) is 0 Å². The van der Waals surface area contributed by atoms with Crippen molar-refractivity contribution in [2.24, 2.45) is 0 Å². The molecule has 1 rings (SSSR count). The predicted molar refractivity (Wildman–Crippen MR) is 65.4 cm³/mol. The number of carboxylic acids is 1. The Balaban J connectivity index is 2.12. The maximum atomic E-state index is 10.7. The van der Waals surface area contributed by atoms with Crippen LogP contribution in [0.5, 0.6) is 0 Å². The number of aliphatic carboxylic acids is 1. The smallest absolute Gasteiger partial charge is 0.331 e. The fourth-order valence-corrected chi connectivity index (χ4v) is 1.89. The summed E-state index contributed by atoms with van der Waals surface area (Å²) in [6.45, 7) is 3.46. The van der Waals surface area contributed by atoms with Crippen LogP contribution in [0.4, 0.5) is 0 Å². The molecule has 0 amide bonds. The number of nitrogens with one attached hydrogen (secondary N) is 1. The van der Waals surface area contributed by atoms with Gasteiger partial charge in [-0.1, -0.05) is 24.6 Å². The van der Waals surface area contributed by atoms with Crippen LogP contribution in [0.1, 0.15) is 39.0 Å². The molecule has 2 N–H and O–H groups in total. The monoisotopic (exact) mass is 223 g/mol. The van der Waals surface area contributed by atoms with E-state index in [1.165, 1.54) is 19.3 Å². The molecule has 0 aliphatic heterocycles. The van der Waals surface area contributed by atoms with Crippen LogP contribution in [0.2, 0.25) is 0 Å². The van der Waals surface area contributed by atoms with E-state index in [1.807, 2.05) is 6.92 Å². The highest BCUT2D eigenvalue weighted by atomic mass is 16.4. The quantitative estimate of drug-likeness (QED) is 0.396. The number of carboxylic acid groups (broad SMARTS) is 1. The zero-order valence-electron chi connectivity index (χ0n) is 9.96. The Hall–Kier alpha value is -1.09. The summed E-state index contributed by atoms with van der Waals surface area (Å²) >= 11 is 0. The summed E-state index contributed by atoms with van der Waals surface area (Å²) in [5.74, 6) is -0.803. The van der Waals surface area contributed by atoms with Crippen LogP contribution < -0.4 is 5.32 Å². The summed E-state index contributed by atoms with van der Waals surface area (Å²) in [6.07, 6.45) is 9.55. The second-order valence-electron chi connectivity index (χ2n) is 4.10. The molecule has 0 aromatic rings. The fourth-order valence-electron chi connectivity index (χ4n) is 1.89. The van der Waals surface area contributed by atoms with Crippen molar-refractivity contribution in [1.82, 2.24) is 5.32 Å². The fraction of sp³-hybridized carbons (Fsp3) is 0.615. The third kappa shape index (κ3) is 4.62. The average molecular weight is 223 g/mol. The van der Waals surface area contributed by atoms with Crippen molar-refractivity contribution in [1.29, 1.82) is 0 Å². The van der Waals surface area contributed by atoms with E-state index in [0.717, 1.165) is 13.0 Å². The van der Waals surface area contributed by atoms with Crippen molar-refractivity contribution in [3.8, 4) is 0 Å². The van der Waals surface area contributed by atoms with Gasteiger partial charge >= 0.3 is 5.97 Å². The topological polar surface area (TPSA) is 49.3 Å². The van der Waals surface area contributed by atoms with E-state index in [2.05, 4.69) is 11.4 Å². The number of carbonyl (C=O) groups is 1. The Morgan fingerprint density at radius 1 is 1.62 bits per heavy atom. The van der Waals surface area contributed by atoms with Gasteiger partial charge in [-0.3, -0.25) is 0 Å². The molecule has 0 heterocycles. The minimum atomic E-state index is -0.803. The van der Waals surface area contributed by atoms with Gasteiger partial charge in [0.2, 0.25) is 0 Å². The van der Waals surface area contributed by atoms with Crippen LogP contribution in [-0.4, -0.2) is 24.2 Å². The minimum absolute atomic E-state index is 0.493. The third-order valence-corrected chi connectivity index (χ3v) is 2.91. The summed E-state index contributed by atoms with van der Waals surface area (Å²) < 4.78 is 0. The Bertz CT molecular complexity index is 292. The highest BCUT2D eigenvalue weighted by Gasteiger charge is 2.04. The predicted octanol–water partition coefficient (Wildman–Crippen LogP) is 2.50. The first-order valence-corrected chi connectivity index (χ1v) is 6.05. The molecular formula is C13H21NO2. The first-order chi connectivity index (χ1) is 7.74. The molecule has 0 unspecified atom stereocenters. The van der Waals surface area contributed by atoms with E-state index in [4.69, 9.17) is 5.11 Å². The van der Waals surface area contributed by atoms with Crippen molar-refractivity contribution in [3.05, 3.63) is 23.3 Å². The molecule has 16 heavy (non-hydrogen) atoms. The van der Waals surface area contributed by atoms with Crippen LogP contribution in [0, 0.1) is 0 Å². The number of hydrogen-bond acceptors (Lipinski definition) is 2. The molecule has 0 bridgehead atoms. The highest BCUT2D eigenvalue weighted by Crippen LogP contribution is 2.19. The maximum absolute atomic E-state index is 10.7. The van der Waals surface area contributed by atoms with Crippen LogP contribution in [0.3, 0.4) is 0 Å². The molecule has 0 fully saturated rings. The molecule has 1 aliphatic rings. The van der Waals surface area contributed by atoms with Crippen molar-refractivity contribution >= 4 is 5.97 Å². The lowest BCUT2D eigenvalue weighted by atomic mass is 10.1. The largest absolute Gasteiger partial charge is 0.478 e. The summed E-state index contributed by atoms with van der Waals surface area (Å²) in [5.41, 5.74) is 2.04. The Morgan fingerprint density at radius 2 is 2.44 bits per heavy atom. The van der Waals surface area contributed by atoms with E-state index in [-0.39, 0.29) is 0 Å². The van der Waals surface area contributed by atoms with E-state index in [9.17, 15) is 4.79 Å². The maximum Gasteiger partial charge on any atom is 0.331 e. The van der Waals surface area contributed by atoms with Gasteiger partial charge in [-0.25, -0.2) is 4.79 Å². The Kier molecular flexibility index (Phi) is 5.86. The normalized spacial score (nSPS) is 16.3. The molecule has 0 aromatic carbocycles. The lowest BCUT2D eigenvalue weighted by Crippen LogP contribution is -2.16. The second kappa shape index (κ2) is 7.23. The lowest BCUT2D eigenvalue weighted by molar-refractivity contribution is -0.132. The van der Waals surface area contributed by atoms with E-state index in [1.54, 1.807) is 11.6 Å². The zero-order chi connectivity index (χ0) is 11.8. The van der Waals surface area contributed by atoms with Crippen LogP contribution in [0.25, 0.3) is 0 Å². The van der Waals surface area contributed by atoms with Gasteiger partial charge in [-0.05, 0) is 38.6 Å². The van der Waals surface area contributed by atoms with Crippen molar-refractivity contribution in [2.75, 3.05) is 13.1 Å². The lowest BCUT2D eigenvalue weighted by Gasteiger charge is -2.03. The van der Waals surface area contributed by atoms with Gasteiger partial charge in [0.05, 0.1) is 0 Å². The molecule has 3 nitrogen and oxygen atoms in total. The van der Waals surface area contributed by atoms with E-state index in [0.29, 0.717) is 18.5 Å². The summed E-state index contributed by atoms with van der Waals surface area (Å²) in [7, 11) is 0. The van der Waals surface area contributed by atoms with Gasteiger partial charge in [0, 0.05) is 12.1 Å². The van der Waals surface area contributed by atoms with Crippen LogP contribution >= 0.6 is 0 Å². The third-order valence-electron chi connectivity index (χ3n) is 2.91. The van der Waals surface area contributed by atoms with E-state index < -0.39 is 5.97 Å². The van der Waals surface area contributed by atoms with Crippen LogP contribution in [0.15, 0.2) is 23.3 Å². The van der Waals surface area contributed by atoms with Gasteiger partial charge in [-0.15, -0.1) is 0 Å². The number of rotatable bonds is 7. The van der Waals surface area contributed by atoms with Crippen LogP contribution in [-0.2, 0) is 4.79 Å². The van der Waals surface area contributed by atoms with Gasteiger partial charge in [0.25, 0.3) is 0 Å². The first-order valence-electron chi connectivity index (χ1n) is 6.05. The molecule has 3 heteroatoms. The SMILES string of the molecule is CCC(=CCNCCC1=CCCC1)C(=O)O. The Labute approximate surface area is 97.2 Å². The van der Waals surface area contributed by atoms with Gasteiger partial charge in [-0.2, -0.15) is 0 Å². The van der Waals surface area contributed by atoms with Crippen molar-refractivity contribution in [2.45, 2.75) is 39.0 Å². The van der Waals surface area contributed by atoms with Gasteiger partial charge in [0.15, 0.2) is 0 Å². The first kappa shape index (κ1) is 13.0. The minimum Gasteiger partial charge on any atom is -0.478 e. The van der Waals surface area contributed by atoms with Gasteiger partial charge < -0.3 is 10.4 Å². The van der Waals surface area contributed by atoms with Gasteiger partial charge in [0.1, 0.15) is 0 Å². The molecule has 0 saturated heterocycles. The van der Waals surface area contributed by atoms with Crippen molar-refractivity contribution < 1.29 is 9.90 Å². The molecule has 90 valence electrons. The second-order valence-corrected chi connectivity index (χ2v) is 4.10. The Morgan fingerprint density at radius 3 is 3.00 bits per heavy atom. The molecule has 1 aliphatic carbocycles. The molecule has 0 aromatic heterocycles.